The van der Waals surface area contributed by atoms with Gasteiger partial charge in [-0.2, -0.15) is 0 Å². The van der Waals surface area contributed by atoms with Crippen LogP contribution in [0.4, 0.5) is 4.79 Å². The van der Waals surface area contributed by atoms with Crippen LogP contribution in [0.5, 0.6) is 0 Å². The van der Waals surface area contributed by atoms with Crippen molar-refractivity contribution in [2.24, 2.45) is 4.99 Å². The number of hydrogen-bond acceptors (Lipinski definition) is 5. The number of carbonyl (C=O) groups excluding carboxylic acids is 2. The molecule has 2 fully saturated rings. The first-order valence-electron chi connectivity index (χ1n) is 10.6. The van der Waals surface area contributed by atoms with Crippen molar-refractivity contribution in [1.29, 1.82) is 0 Å². The van der Waals surface area contributed by atoms with Gasteiger partial charge < -0.3 is 29.5 Å². The number of guanidine groups is 1. The second-order valence-electron chi connectivity index (χ2n) is 8.45. The van der Waals surface area contributed by atoms with E-state index in [4.69, 9.17) is 9.47 Å². The maximum Gasteiger partial charge on any atom is 0.410 e. The summed E-state index contributed by atoms with van der Waals surface area (Å²) in [6.45, 7) is 12.8. The van der Waals surface area contributed by atoms with E-state index in [1.165, 1.54) is 4.90 Å². The van der Waals surface area contributed by atoms with Crippen molar-refractivity contribution in [3.05, 3.63) is 0 Å². The minimum absolute atomic E-state index is 0. The highest BCUT2D eigenvalue weighted by molar-refractivity contribution is 14.0. The molecule has 0 spiro atoms. The topological polar surface area (TPSA) is 86.7 Å². The highest BCUT2D eigenvalue weighted by Gasteiger charge is 2.31. The standard InChI is InChI=1S/C20H37N5O4.HI/c1-6-21-18(22-9-10-23(5)19(27)29-20(2,3)4)25-13-11-24(12-14-25)17(26)16-8-7-15-28-16;/h16H,6-15H2,1-5H3,(H,21,22);1H. The quantitative estimate of drug-likeness (QED) is 0.326. The summed E-state index contributed by atoms with van der Waals surface area (Å²) >= 11 is 0. The number of nitrogens with one attached hydrogen (secondary N) is 1. The smallest absolute Gasteiger partial charge is 0.410 e. The third-order valence-electron chi connectivity index (χ3n) is 4.83. The number of rotatable bonds is 5. The number of nitrogens with zero attached hydrogens (tertiary/aromatic N) is 4. The number of likely N-dealkylation sites (N-methyl/N-ethyl adjacent to an activating group) is 1. The monoisotopic (exact) mass is 539 g/mol. The molecule has 1 N–H and O–H groups in total. The van der Waals surface area contributed by atoms with E-state index in [9.17, 15) is 9.59 Å². The largest absolute Gasteiger partial charge is 0.444 e. The van der Waals surface area contributed by atoms with Crippen molar-refractivity contribution in [2.45, 2.75) is 52.2 Å². The molecule has 1 atom stereocenters. The molecule has 2 saturated heterocycles. The van der Waals surface area contributed by atoms with Gasteiger partial charge in [0, 0.05) is 52.9 Å². The van der Waals surface area contributed by atoms with Gasteiger partial charge in [0.15, 0.2) is 5.96 Å². The van der Waals surface area contributed by atoms with Crippen molar-refractivity contribution in [1.82, 2.24) is 20.0 Å². The van der Waals surface area contributed by atoms with Gasteiger partial charge in [-0.15, -0.1) is 24.0 Å². The van der Waals surface area contributed by atoms with E-state index in [1.54, 1.807) is 7.05 Å². The number of amides is 2. The van der Waals surface area contributed by atoms with Crippen molar-refractivity contribution in [3.8, 4) is 0 Å². The van der Waals surface area contributed by atoms with Crippen molar-refractivity contribution < 1.29 is 19.1 Å². The van der Waals surface area contributed by atoms with Crippen LogP contribution in [-0.4, -0.2) is 104 Å². The summed E-state index contributed by atoms with van der Waals surface area (Å²) in [6.07, 6.45) is 1.19. The fourth-order valence-corrected chi connectivity index (χ4v) is 3.28. The van der Waals surface area contributed by atoms with Gasteiger partial charge in [0.2, 0.25) is 0 Å². The Bertz CT molecular complexity index is 582. The summed E-state index contributed by atoms with van der Waals surface area (Å²) in [5, 5.41) is 3.31. The zero-order valence-electron chi connectivity index (χ0n) is 19.0. The van der Waals surface area contributed by atoms with Gasteiger partial charge in [-0.3, -0.25) is 9.79 Å². The molecule has 2 heterocycles. The number of carbonyl (C=O) groups is 2. The van der Waals surface area contributed by atoms with Crippen LogP contribution in [0, 0.1) is 0 Å². The molecule has 2 aliphatic rings. The summed E-state index contributed by atoms with van der Waals surface area (Å²) < 4.78 is 10.9. The lowest BCUT2D eigenvalue weighted by Crippen LogP contribution is -2.55. The molecule has 2 amide bonds. The molecular weight excluding hydrogens is 501 g/mol. The zero-order chi connectivity index (χ0) is 21.4. The Morgan fingerprint density at radius 3 is 2.37 bits per heavy atom. The first kappa shape index (κ1) is 26.7. The normalized spacial score (nSPS) is 19.9. The van der Waals surface area contributed by atoms with E-state index in [0.29, 0.717) is 32.8 Å². The maximum atomic E-state index is 12.5. The Balaban J connectivity index is 0.00000450. The average Bonchev–Trinajstić information content (AvgIpc) is 3.20. The number of ether oxygens (including phenoxy) is 2. The summed E-state index contributed by atoms with van der Waals surface area (Å²) in [5.74, 6) is 0.928. The number of aliphatic imine (C=N–C) groups is 1. The van der Waals surface area contributed by atoms with Gasteiger partial charge >= 0.3 is 6.09 Å². The molecule has 0 aromatic rings. The van der Waals surface area contributed by atoms with Crippen LogP contribution in [0.1, 0.15) is 40.5 Å². The molecule has 0 aromatic carbocycles. The fraction of sp³-hybridized carbons (Fsp3) is 0.850. The summed E-state index contributed by atoms with van der Waals surface area (Å²) in [7, 11) is 1.71. The predicted molar refractivity (Wildman–Crippen MR) is 127 cm³/mol. The third-order valence-corrected chi connectivity index (χ3v) is 4.83. The molecule has 1 unspecified atom stereocenters. The van der Waals surface area contributed by atoms with Crippen molar-refractivity contribution >= 4 is 41.9 Å². The molecule has 0 bridgehead atoms. The van der Waals surface area contributed by atoms with Crippen LogP contribution < -0.4 is 5.32 Å². The van der Waals surface area contributed by atoms with Crippen molar-refractivity contribution in [3.63, 3.8) is 0 Å². The van der Waals surface area contributed by atoms with Crippen LogP contribution in [0.25, 0.3) is 0 Å². The molecule has 2 rings (SSSR count). The molecule has 0 aliphatic carbocycles. The van der Waals surface area contributed by atoms with Gasteiger partial charge in [-0.05, 0) is 40.5 Å². The van der Waals surface area contributed by atoms with Gasteiger partial charge in [0.05, 0.1) is 6.54 Å². The van der Waals surface area contributed by atoms with Gasteiger partial charge in [-0.1, -0.05) is 0 Å². The van der Waals surface area contributed by atoms with E-state index in [1.807, 2.05) is 32.6 Å². The Kier molecular flexibility index (Phi) is 11.2. The molecule has 2 aliphatic heterocycles. The number of halogens is 1. The summed E-state index contributed by atoms with van der Waals surface area (Å²) in [5.41, 5.74) is -0.510. The minimum atomic E-state index is -0.510. The van der Waals surface area contributed by atoms with Crippen molar-refractivity contribution in [2.75, 3.05) is 59.5 Å². The summed E-state index contributed by atoms with van der Waals surface area (Å²) in [6, 6.07) is 0. The molecule has 0 aromatic heterocycles. The van der Waals surface area contributed by atoms with Gasteiger partial charge in [0.1, 0.15) is 11.7 Å². The SMILES string of the molecule is CCNC(=NCCN(C)C(=O)OC(C)(C)C)N1CCN(C(=O)C2CCCO2)CC1.I. The second kappa shape index (κ2) is 12.5. The number of piperazine rings is 1. The Hall–Kier alpha value is -1.30. The molecule has 174 valence electrons. The molecule has 10 heteroatoms. The van der Waals surface area contributed by atoms with Crippen LogP contribution in [0.3, 0.4) is 0 Å². The van der Waals surface area contributed by atoms with Crippen LogP contribution >= 0.6 is 24.0 Å². The van der Waals surface area contributed by atoms with Gasteiger partial charge in [0.25, 0.3) is 5.91 Å². The molecule has 30 heavy (non-hydrogen) atoms. The molecule has 0 radical (unpaired) electrons. The van der Waals surface area contributed by atoms with E-state index < -0.39 is 5.60 Å². The fourth-order valence-electron chi connectivity index (χ4n) is 3.28. The first-order chi connectivity index (χ1) is 13.7. The highest BCUT2D eigenvalue weighted by atomic mass is 127. The third kappa shape index (κ3) is 8.44. The lowest BCUT2D eigenvalue weighted by molar-refractivity contribution is -0.142. The number of hydrogen-bond donors (Lipinski definition) is 1. The highest BCUT2D eigenvalue weighted by Crippen LogP contribution is 2.16. The molecule has 9 nitrogen and oxygen atoms in total. The van der Waals surface area contributed by atoms with E-state index in [0.717, 1.165) is 38.4 Å². The molecule has 0 saturated carbocycles. The maximum absolute atomic E-state index is 12.5. The van der Waals surface area contributed by atoms with Crippen LogP contribution in [-0.2, 0) is 14.3 Å². The Morgan fingerprint density at radius 2 is 1.83 bits per heavy atom. The molecular formula is C20H38IN5O4. The van der Waals surface area contributed by atoms with E-state index in [-0.39, 0.29) is 42.1 Å². The first-order valence-corrected chi connectivity index (χ1v) is 10.6. The van der Waals surface area contributed by atoms with E-state index in [2.05, 4.69) is 15.2 Å². The Labute approximate surface area is 197 Å². The van der Waals surface area contributed by atoms with Crippen LogP contribution in [0.2, 0.25) is 0 Å². The second-order valence-corrected chi connectivity index (χ2v) is 8.45. The van der Waals surface area contributed by atoms with E-state index >= 15 is 0 Å². The lowest BCUT2D eigenvalue weighted by Gasteiger charge is -2.37. The lowest BCUT2D eigenvalue weighted by atomic mass is 10.2. The van der Waals surface area contributed by atoms with Crippen LogP contribution in [0.15, 0.2) is 4.99 Å². The predicted octanol–water partition coefficient (Wildman–Crippen LogP) is 1.76. The zero-order valence-corrected chi connectivity index (χ0v) is 21.3. The van der Waals surface area contributed by atoms with Gasteiger partial charge in [-0.25, -0.2) is 4.79 Å². The summed E-state index contributed by atoms with van der Waals surface area (Å²) in [4.78, 5) is 34.8. The Morgan fingerprint density at radius 1 is 1.20 bits per heavy atom. The average molecular weight is 539 g/mol. The minimum Gasteiger partial charge on any atom is -0.444 e.